The third-order valence-corrected chi connectivity index (χ3v) is 3.55. The molecule has 0 saturated heterocycles. The fraction of sp³-hybridized carbons (Fsp3) is 0.143. The maximum Gasteiger partial charge on any atom is 0.131 e. The number of halogens is 3. The highest BCUT2D eigenvalue weighted by atomic mass is 79.9. The first-order valence-electron chi connectivity index (χ1n) is 5.61. The van der Waals surface area contributed by atoms with Crippen LogP contribution in [0.5, 0.6) is 5.75 Å². The summed E-state index contributed by atoms with van der Waals surface area (Å²) in [5.41, 5.74) is 1.43. The maximum absolute atomic E-state index is 13.8. The van der Waals surface area contributed by atoms with Crippen molar-refractivity contribution in [3.8, 4) is 5.75 Å². The molecule has 0 spiro atoms. The van der Waals surface area contributed by atoms with Crippen LogP contribution in [0.2, 0.25) is 5.02 Å². The van der Waals surface area contributed by atoms with E-state index in [1.54, 1.807) is 24.3 Å². The molecule has 0 heterocycles. The van der Waals surface area contributed by atoms with Gasteiger partial charge in [0.25, 0.3) is 0 Å². The number of benzene rings is 2. The van der Waals surface area contributed by atoms with Crippen LogP contribution in [0.3, 0.4) is 0 Å². The van der Waals surface area contributed by atoms with Gasteiger partial charge in [-0.05, 0) is 40.2 Å². The highest BCUT2D eigenvalue weighted by Gasteiger charge is 2.05. The molecule has 2 nitrogen and oxygen atoms in total. The van der Waals surface area contributed by atoms with E-state index >= 15 is 0 Å². The molecule has 2 aromatic rings. The lowest BCUT2D eigenvalue weighted by Gasteiger charge is -2.10. The van der Waals surface area contributed by atoms with E-state index in [2.05, 4.69) is 21.2 Å². The van der Waals surface area contributed by atoms with Gasteiger partial charge < -0.3 is 10.1 Å². The van der Waals surface area contributed by atoms with Crippen LogP contribution in [-0.2, 0) is 6.54 Å². The van der Waals surface area contributed by atoms with E-state index in [-0.39, 0.29) is 5.82 Å². The second kappa shape index (κ2) is 6.26. The zero-order valence-electron chi connectivity index (χ0n) is 10.2. The summed E-state index contributed by atoms with van der Waals surface area (Å²) in [6.45, 7) is 0.385. The molecule has 0 aliphatic rings. The molecule has 0 amide bonds. The summed E-state index contributed by atoms with van der Waals surface area (Å²) in [6.07, 6.45) is 0. The number of hydrogen-bond acceptors (Lipinski definition) is 2. The van der Waals surface area contributed by atoms with E-state index in [9.17, 15) is 4.39 Å². The molecule has 0 saturated carbocycles. The molecular formula is C14H12BrClFNO. The molecule has 0 fully saturated rings. The predicted octanol–water partition coefficient (Wildman–Crippen LogP) is 4.86. The molecule has 0 aliphatic carbocycles. The molecule has 1 N–H and O–H groups in total. The normalized spacial score (nSPS) is 10.3. The van der Waals surface area contributed by atoms with Gasteiger partial charge in [-0.3, -0.25) is 0 Å². The van der Waals surface area contributed by atoms with Gasteiger partial charge >= 0.3 is 0 Å². The first-order valence-corrected chi connectivity index (χ1v) is 6.78. The highest BCUT2D eigenvalue weighted by Crippen LogP contribution is 2.26. The van der Waals surface area contributed by atoms with Crippen molar-refractivity contribution in [3.63, 3.8) is 0 Å². The van der Waals surface area contributed by atoms with Crippen molar-refractivity contribution in [3.05, 3.63) is 57.3 Å². The molecule has 0 radical (unpaired) electrons. The van der Waals surface area contributed by atoms with Crippen molar-refractivity contribution in [2.24, 2.45) is 0 Å². The smallest absolute Gasteiger partial charge is 0.131 e. The van der Waals surface area contributed by atoms with E-state index in [1.807, 2.05) is 6.07 Å². The summed E-state index contributed by atoms with van der Waals surface area (Å²) < 4.78 is 19.6. The van der Waals surface area contributed by atoms with Crippen LogP contribution in [-0.4, -0.2) is 7.11 Å². The Morgan fingerprint density at radius 3 is 2.68 bits per heavy atom. The van der Waals surface area contributed by atoms with Gasteiger partial charge in [-0.1, -0.05) is 17.7 Å². The highest BCUT2D eigenvalue weighted by molar-refractivity contribution is 9.10. The third-order valence-electron chi connectivity index (χ3n) is 2.66. The first kappa shape index (κ1) is 14.2. The molecule has 100 valence electrons. The van der Waals surface area contributed by atoms with Gasteiger partial charge in [0.15, 0.2) is 0 Å². The minimum atomic E-state index is -0.295. The molecule has 19 heavy (non-hydrogen) atoms. The van der Waals surface area contributed by atoms with Crippen LogP contribution in [0.4, 0.5) is 10.1 Å². The van der Waals surface area contributed by atoms with Crippen LogP contribution in [0.25, 0.3) is 0 Å². The van der Waals surface area contributed by atoms with Crippen LogP contribution in [0.15, 0.2) is 40.9 Å². The van der Waals surface area contributed by atoms with Gasteiger partial charge in [0.05, 0.1) is 7.11 Å². The number of hydrogen-bond donors (Lipinski definition) is 1. The van der Waals surface area contributed by atoms with E-state index < -0.39 is 0 Å². The second-order valence-electron chi connectivity index (χ2n) is 3.94. The zero-order chi connectivity index (χ0) is 13.8. The van der Waals surface area contributed by atoms with Crippen molar-refractivity contribution in [1.82, 2.24) is 0 Å². The number of ether oxygens (including phenoxy) is 1. The topological polar surface area (TPSA) is 21.3 Å². The monoisotopic (exact) mass is 343 g/mol. The molecule has 0 atom stereocenters. The third kappa shape index (κ3) is 3.61. The van der Waals surface area contributed by atoms with Gasteiger partial charge in [-0.15, -0.1) is 0 Å². The van der Waals surface area contributed by atoms with E-state index in [4.69, 9.17) is 16.3 Å². The minimum Gasteiger partial charge on any atom is -0.497 e. The van der Waals surface area contributed by atoms with Gasteiger partial charge in [-0.2, -0.15) is 0 Å². The summed E-state index contributed by atoms with van der Waals surface area (Å²) >= 11 is 9.26. The quantitative estimate of drug-likeness (QED) is 0.855. The average molecular weight is 345 g/mol. The number of anilines is 1. The number of rotatable bonds is 4. The Balaban J connectivity index is 2.10. The fourth-order valence-corrected chi connectivity index (χ4v) is 2.44. The van der Waals surface area contributed by atoms with E-state index in [0.717, 1.165) is 10.2 Å². The Kier molecular flexibility index (Phi) is 4.66. The van der Waals surface area contributed by atoms with Crippen molar-refractivity contribution in [2.45, 2.75) is 6.54 Å². The SMILES string of the molecule is COc1ccc(CNc2ccc(Cl)cc2Br)c(F)c1. The van der Waals surface area contributed by atoms with Crippen LogP contribution >= 0.6 is 27.5 Å². The van der Waals surface area contributed by atoms with Crippen molar-refractivity contribution in [2.75, 3.05) is 12.4 Å². The number of methoxy groups -OCH3 is 1. The molecule has 5 heteroatoms. The maximum atomic E-state index is 13.8. The Morgan fingerprint density at radius 1 is 1.26 bits per heavy atom. The van der Waals surface area contributed by atoms with Crippen LogP contribution < -0.4 is 10.1 Å². The summed E-state index contributed by atoms with van der Waals surface area (Å²) in [4.78, 5) is 0. The van der Waals surface area contributed by atoms with Gasteiger partial charge in [0.1, 0.15) is 11.6 Å². The molecule has 2 aromatic carbocycles. The predicted molar refractivity (Wildman–Crippen MR) is 79.4 cm³/mol. The second-order valence-corrected chi connectivity index (χ2v) is 5.23. The molecule has 0 unspecified atom stereocenters. The molecule has 0 aliphatic heterocycles. The molecule has 2 rings (SSSR count). The van der Waals surface area contributed by atoms with Gasteiger partial charge in [-0.25, -0.2) is 4.39 Å². The Morgan fingerprint density at radius 2 is 2.05 bits per heavy atom. The Bertz CT molecular complexity index is 592. The number of nitrogens with one attached hydrogen (secondary N) is 1. The Hall–Kier alpha value is -1.26. The zero-order valence-corrected chi connectivity index (χ0v) is 12.6. The Labute approximate surface area is 124 Å². The lowest BCUT2D eigenvalue weighted by atomic mass is 10.2. The largest absolute Gasteiger partial charge is 0.497 e. The fourth-order valence-electron chi connectivity index (χ4n) is 1.62. The van der Waals surface area contributed by atoms with Crippen LogP contribution in [0, 0.1) is 5.82 Å². The van der Waals surface area contributed by atoms with Gasteiger partial charge in [0, 0.05) is 33.4 Å². The van der Waals surface area contributed by atoms with Crippen molar-refractivity contribution in [1.29, 1.82) is 0 Å². The van der Waals surface area contributed by atoms with Gasteiger partial charge in [0.2, 0.25) is 0 Å². The average Bonchev–Trinajstić information content (AvgIpc) is 2.39. The van der Waals surface area contributed by atoms with Crippen LogP contribution in [0.1, 0.15) is 5.56 Å². The summed E-state index contributed by atoms with van der Waals surface area (Å²) in [6, 6.07) is 10.2. The first-order chi connectivity index (χ1) is 9.10. The summed E-state index contributed by atoms with van der Waals surface area (Å²) in [5, 5.41) is 3.79. The summed E-state index contributed by atoms with van der Waals surface area (Å²) in [5.74, 6) is 0.214. The van der Waals surface area contributed by atoms with Crippen molar-refractivity contribution < 1.29 is 9.13 Å². The molecule has 0 aromatic heterocycles. The molecule has 0 bridgehead atoms. The lowest BCUT2D eigenvalue weighted by molar-refractivity contribution is 0.411. The van der Waals surface area contributed by atoms with E-state index in [0.29, 0.717) is 22.9 Å². The lowest BCUT2D eigenvalue weighted by Crippen LogP contribution is -2.02. The minimum absolute atomic E-state index is 0.295. The van der Waals surface area contributed by atoms with E-state index in [1.165, 1.54) is 13.2 Å². The summed E-state index contributed by atoms with van der Waals surface area (Å²) in [7, 11) is 1.51. The standard InChI is InChI=1S/C14H12BrClFNO/c1-19-11-4-2-9(13(17)7-11)8-18-14-5-3-10(16)6-12(14)15/h2-7,18H,8H2,1H3. The molecular weight excluding hydrogens is 333 g/mol. The van der Waals surface area contributed by atoms with Crippen molar-refractivity contribution >= 4 is 33.2 Å².